The predicted octanol–water partition coefficient (Wildman–Crippen LogP) is 12.1. The number of unbranched alkanes of at least 4 members (excludes halogenated alkanes) is 6. The Balaban J connectivity index is 0.907. The molecule has 6 rings (SSSR count). The van der Waals surface area contributed by atoms with Crippen LogP contribution in [-0.2, 0) is 6.42 Å². The second-order valence-electron chi connectivity index (χ2n) is 14.9. The molecule has 324 valence electrons. The van der Waals surface area contributed by atoms with E-state index in [1.165, 1.54) is 25.7 Å². The molecule has 0 aliphatic rings. The minimum absolute atomic E-state index is 0.298. The summed E-state index contributed by atoms with van der Waals surface area (Å²) in [6.07, 6.45) is 9.55. The first kappa shape index (κ1) is 45.3. The van der Waals surface area contributed by atoms with Crippen molar-refractivity contribution in [1.82, 2.24) is 0 Å². The van der Waals surface area contributed by atoms with Crippen LogP contribution in [0.25, 0.3) is 0 Å². The molecule has 0 radical (unpaired) electrons. The summed E-state index contributed by atoms with van der Waals surface area (Å²) in [5.41, 5.74) is 3.34. The van der Waals surface area contributed by atoms with Gasteiger partial charge in [0.2, 0.25) is 0 Å². The maximum atomic E-state index is 12.9. The Bertz CT molecular complexity index is 2200. The normalized spacial score (nSPS) is 10.7. The lowest BCUT2D eigenvalue weighted by atomic mass is 10.0. The SMILES string of the molecule is CCCCCCOc1ccc(C(=O)Oc2ccc(C(=O)Oc3ccc(Cc4ccc(OC(=O)c5ccc(OC(=O)c6ccc(OCCCCCC)cc6)cc5)cc4)cc3)cc2)cc1. The number of carbonyl (C=O) groups excluding carboxylic acids is 4. The highest BCUT2D eigenvalue weighted by atomic mass is 16.5. The summed E-state index contributed by atoms with van der Waals surface area (Å²) in [6.45, 7) is 5.61. The van der Waals surface area contributed by atoms with Crippen LogP contribution in [-0.4, -0.2) is 37.1 Å². The number of esters is 4. The maximum Gasteiger partial charge on any atom is 0.343 e. The van der Waals surface area contributed by atoms with Gasteiger partial charge >= 0.3 is 23.9 Å². The molecule has 0 unspecified atom stereocenters. The van der Waals surface area contributed by atoms with Gasteiger partial charge in [0.05, 0.1) is 35.5 Å². The van der Waals surface area contributed by atoms with Gasteiger partial charge in [-0.15, -0.1) is 0 Å². The lowest BCUT2D eigenvalue weighted by molar-refractivity contribution is 0.0720. The Morgan fingerprint density at radius 2 is 0.571 bits per heavy atom. The van der Waals surface area contributed by atoms with Crippen molar-refractivity contribution < 1.29 is 47.6 Å². The van der Waals surface area contributed by atoms with Crippen molar-refractivity contribution in [2.45, 2.75) is 71.6 Å². The molecular weight excluding hydrogens is 797 g/mol. The van der Waals surface area contributed by atoms with Gasteiger partial charge in [0.1, 0.15) is 34.5 Å². The second kappa shape index (κ2) is 23.7. The number of rotatable bonds is 22. The minimum atomic E-state index is -0.549. The molecule has 0 amide bonds. The third-order valence-electron chi connectivity index (χ3n) is 9.99. The van der Waals surface area contributed by atoms with Crippen LogP contribution in [0, 0.1) is 0 Å². The van der Waals surface area contributed by atoms with E-state index in [2.05, 4.69) is 13.8 Å². The van der Waals surface area contributed by atoms with E-state index in [9.17, 15) is 19.2 Å². The summed E-state index contributed by atoms with van der Waals surface area (Å²) in [5.74, 6) is 0.631. The molecule has 10 nitrogen and oxygen atoms in total. The molecule has 0 N–H and O–H groups in total. The summed E-state index contributed by atoms with van der Waals surface area (Å²) >= 11 is 0. The van der Waals surface area contributed by atoms with Gasteiger partial charge in [0.25, 0.3) is 0 Å². The van der Waals surface area contributed by atoms with E-state index in [0.717, 1.165) is 36.8 Å². The number of benzene rings is 6. The average molecular weight is 849 g/mol. The van der Waals surface area contributed by atoms with Crippen LogP contribution in [0.5, 0.6) is 34.5 Å². The van der Waals surface area contributed by atoms with E-state index >= 15 is 0 Å². The highest BCUT2D eigenvalue weighted by Crippen LogP contribution is 2.23. The van der Waals surface area contributed by atoms with E-state index < -0.39 is 23.9 Å². The van der Waals surface area contributed by atoms with E-state index in [0.29, 0.717) is 76.4 Å². The first-order valence-electron chi connectivity index (χ1n) is 21.5. The minimum Gasteiger partial charge on any atom is -0.494 e. The van der Waals surface area contributed by atoms with Crippen LogP contribution >= 0.6 is 0 Å². The van der Waals surface area contributed by atoms with Gasteiger partial charge in [0, 0.05) is 0 Å². The van der Waals surface area contributed by atoms with E-state index in [-0.39, 0.29) is 0 Å². The van der Waals surface area contributed by atoms with E-state index in [1.807, 2.05) is 24.3 Å². The fourth-order valence-corrected chi connectivity index (χ4v) is 6.38. The molecule has 0 atom stereocenters. The van der Waals surface area contributed by atoms with E-state index in [4.69, 9.17) is 28.4 Å². The molecular formula is C53H52O10. The topological polar surface area (TPSA) is 124 Å². The zero-order chi connectivity index (χ0) is 44.2. The Morgan fingerprint density at radius 1 is 0.317 bits per heavy atom. The molecule has 0 aromatic heterocycles. The van der Waals surface area contributed by atoms with Crippen molar-refractivity contribution in [3.8, 4) is 34.5 Å². The highest BCUT2D eigenvalue weighted by Gasteiger charge is 2.15. The number of ether oxygens (including phenoxy) is 6. The molecule has 6 aromatic rings. The largest absolute Gasteiger partial charge is 0.494 e. The lowest BCUT2D eigenvalue weighted by Crippen LogP contribution is -2.10. The van der Waals surface area contributed by atoms with Gasteiger partial charge in [-0.05, 0) is 152 Å². The summed E-state index contributed by atoms with van der Waals surface area (Å²) in [6, 6.07) is 40.4. The van der Waals surface area contributed by atoms with Crippen LogP contribution in [0.1, 0.15) is 118 Å². The Hall–Kier alpha value is -7.20. The zero-order valence-corrected chi connectivity index (χ0v) is 35.7. The van der Waals surface area contributed by atoms with Gasteiger partial charge in [-0.25, -0.2) is 19.2 Å². The monoisotopic (exact) mass is 848 g/mol. The molecule has 0 aliphatic heterocycles. The quantitative estimate of drug-likeness (QED) is 0.0370. The average Bonchev–Trinajstić information content (AvgIpc) is 3.31. The van der Waals surface area contributed by atoms with Crippen molar-refractivity contribution >= 4 is 23.9 Å². The molecule has 6 aromatic carbocycles. The van der Waals surface area contributed by atoms with Crippen molar-refractivity contribution in [3.63, 3.8) is 0 Å². The van der Waals surface area contributed by atoms with Crippen molar-refractivity contribution in [2.24, 2.45) is 0 Å². The van der Waals surface area contributed by atoms with Crippen molar-refractivity contribution in [1.29, 1.82) is 0 Å². The molecule has 63 heavy (non-hydrogen) atoms. The second-order valence-corrected chi connectivity index (χ2v) is 14.9. The standard InChI is InChI=1S/C53H52O10/c1-3-5-7-9-35-58-44-27-15-40(16-28-44)50(54)62-48-31-19-42(20-32-48)52(56)60-46-23-11-38(12-24-46)37-39-13-25-47(26-14-39)61-53(57)43-21-33-49(34-22-43)63-51(55)41-17-29-45(30-18-41)59-36-10-8-6-4-2/h11-34H,3-10,35-37H2,1-2H3. The van der Waals surface area contributed by atoms with Crippen molar-refractivity contribution in [3.05, 3.63) is 179 Å². The van der Waals surface area contributed by atoms with Crippen LogP contribution in [0.3, 0.4) is 0 Å². The molecule has 0 spiro atoms. The summed E-state index contributed by atoms with van der Waals surface area (Å²) in [5, 5.41) is 0. The fourth-order valence-electron chi connectivity index (χ4n) is 6.38. The zero-order valence-electron chi connectivity index (χ0n) is 35.7. The highest BCUT2D eigenvalue weighted by molar-refractivity contribution is 5.94. The van der Waals surface area contributed by atoms with Gasteiger partial charge in [-0.3, -0.25) is 0 Å². The summed E-state index contributed by atoms with van der Waals surface area (Å²) in [7, 11) is 0. The maximum absolute atomic E-state index is 12.9. The van der Waals surface area contributed by atoms with Gasteiger partial charge in [-0.2, -0.15) is 0 Å². The fraction of sp³-hybridized carbons (Fsp3) is 0.245. The van der Waals surface area contributed by atoms with Gasteiger partial charge < -0.3 is 28.4 Å². The van der Waals surface area contributed by atoms with Crippen LogP contribution < -0.4 is 28.4 Å². The van der Waals surface area contributed by atoms with E-state index in [1.54, 1.807) is 121 Å². The number of hydrogen-bond acceptors (Lipinski definition) is 10. The third kappa shape index (κ3) is 14.5. The number of hydrogen-bond donors (Lipinski definition) is 0. The smallest absolute Gasteiger partial charge is 0.343 e. The Morgan fingerprint density at radius 3 is 0.841 bits per heavy atom. The van der Waals surface area contributed by atoms with Crippen LogP contribution in [0.4, 0.5) is 0 Å². The molecule has 0 saturated carbocycles. The van der Waals surface area contributed by atoms with Crippen LogP contribution in [0.2, 0.25) is 0 Å². The molecule has 10 heteroatoms. The first-order chi connectivity index (χ1) is 30.8. The van der Waals surface area contributed by atoms with Gasteiger partial charge in [-0.1, -0.05) is 76.6 Å². The number of carbonyl (C=O) groups is 4. The molecule has 0 saturated heterocycles. The molecule has 0 heterocycles. The summed E-state index contributed by atoms with van der Waals surface area (Å²) < 4.78 is 33.6. The predicted molar refractivity (Wildman–Crippen MR) is 241 cm³/mol. The van der Waals surface area contributed by atoms with Crippen molar-refractivity contribution in [2.75, 3.05) is 13.2 Å². The van der Waals surface area contributed by atoms with Crippen LogP contribution in [0.15, 0.2) is 146 Å². The lowest BCUT2D eigenvalue weighted by Gasteiger charge is -2.09. The first-order valence-corrected chi connectivity index (χ1v) is 21.5. The Labute approximate surface area is 368 Å². The summed E-state index contributed by atoms with van der Waals surface area (Å²) in [4.78, 5) is 51.1. The molecule has 0 bridgehead atoms. The third-order valence-corrected chi connectivity index (χ3v) is 9.99. The molecule has 0 fully saturated rings. The Kier molecular flexibility index (Phi) is 17.1. The molecule has 0 aliphatic carbocycles. The van der Waals surface area contributed by atoms with Gasteiger partial charge in [0.15, 0.2) is 0 Å².